The Morgan fingerprint density at radius 2 is 1.93 bits per heavy atom. The summed E-state index contributed by atoms with van der Waals surface area (Å²) >= 11 is 0. The van der Waals surface area contributed by atoms with Gasteiger partial charge in [0.25, 0.3) is 0 Å². The summed E-state index contributed by atoms with van der Waals surface area (Å²) < 4.78 is 73.3. The normalized spacial score (nSPS) is 19.0. The molecule has 1 saturated heterocycles. The molecule has 27 heavy (non-hydrogen) atoms. The summed E-state index contributed by atoms with van der Waals surface area (Å²) in [6.07, 6.45) is -4.42. The first-order valence-electron chi connectivity index (χ1n) is 8.24. The van der Waals surface area contributed by atoms with Gasteiger partial charge in [0.15, 0.2) is 0 Å². The SMILES string of the molecule is CC(C)S(=O)(=O)N1CC[C@H](Oc2ccc(-c3noc(C(F)(F)F)n3)cc2)C1. The van der Waals surface area contributed by atoms with Crippen molar-refractivity contribution in [2.45, 2.75) is 37.8 Å². The molecule has 0 radical (unpaired) electrons. The van der Waals surface area contributed by atoms with E-state index in [-0.39, 0.29) is 18.5 Å². The van der Waals surface area contributed by atoms with Crippen molar-refractivity contribution in [3.8, 4) is 17.1 Å². The molecule has 0 unspecified atom stereocenters. The largest absolute Gasteiger partial charge is 0.489 e. The van der Waals surface area contributed by atoms with E-state index in [1.54, 1.807) is 26.0 Å². The first-order valence-corrected chi connectivity index (χ1v) is 9.74. The molecule has 0 bridgehead atoms. The van der Waals surface area contributed by atoms with E-state index in [9.17, 15) is 21.6 Å². The summed E-state index contributed by atoms with van der Waals surface area (Å²) in [5.74, 6) is -1.11. The second-order valence-electron chi connectivity index (χ2n) is 6.43. The maximum absolute atomic E-state index is 12.5. The highest BCUT2D eigenvalue weighted by Crippen LogP contribution is 2.30. The predicted octanol–water partition coefficient (Wildman–Crippen LogP) is 2.95. The Hall–Kier alpha value is -2.14. The van der Waals surface area contributed by atoms with Crippen LogP contribution in [-0.4, -0.2) is 47.3 Å². The molecule has 1 aromatic carbocycles. The number of benzene rings is 1. The van der Waals surface area contributed by atoms with Crippen molar-refractivity contribution in [1.82, 2.24) is 14.4 Å². The van der Waals surface area contributed by atoms with E-state index in [0.717, 1.165) is 0 Å². The summed E-state index contributed by atoms with van der Waals surface area (Å²) in [4.78, 5) is 3.32. The number of sulfonamides is 1. The molecule has 1 fully saturated rings. The van der Waals surface area contributed by atoms with E-state index >= 15 is 0 Å². The summed E-state index contributed by atoms with van der Waals surface area (Å²) in [7, 11) is -3.32. The van der Waals surface area contributed by atoms with Gasteiger partial charge in [-0.15, -0.1) is 0 Å². The lowest BCUT2D eigenvalue weighted by atomic mass is 10.2. The van der Waals surface area contributed by atoms with E-state index < -0.39 is 27.3 Å². The third kappa shape index (κ3) is 4.24. The van der Waals surface area contributed by atoms with Gasteiger partial charge in [-0.05, 0) is 44.5 Å². The molecule has 2 heterocycles. The first kappa shape index (κ1) is 19.6. The molecule has 0 spiro atoms. The first-order chi connectivity index (χ1) is 12.6. The van der Waals surface area contributed by atoms with Gasteiger partial charge in [0.1, 0.15) is 11.9 Å². The molecule has 1 aliphatic heterocycles. The third-order valence-corrected chi connectivity index (χ3v) is 6.39. The van der Waals surface area contributed by atoms with Crippen LogP contribution < -0.4 is 4.74 Å². The maximum atomic E-state index is 12.5. The monoisotopic (exact) mass is 405 g/mol. The molecule has 2 aromatic rings. The number of hydrogen-bond donors (Lipinski definition) is 0. The van der Waals surface area contributed by atoms with Crippen molar-refractivity contribution in [2.24, 2.45) is 0 Å². The minimum Gasteiger partial charge on any atom is -0.489 e. The molecule has 7 nitrogen and oxygen atoms in total. The lowest BCUT2D eigenvalue weighted by Crippen LogP contribution is -2.35. The van der Waals surface area contributed by atoms with Gasteiger partial charge in [-0.25, -0.2) is 8.42 Å². The van der Waals surface area contributed by atoms with Crippen molar-refractivity contribution in [1.29, 1.82) is 0 Å². The lowest BCUT2D eigenvalue weighted by Gasteiger charge is -2.19. The van der Waals surface area contributed by atoms with E-state index in [1.165, 1.54) is 16.4 Å². The minimum atomic E-state index is -4.70. The quantitative estimate of drug-likeness (QED) is 0.760. The number of aromatic nitrogens is 2. The van der Waals surface area contributed by atoms with E-state index in [1.807, 2.05) is 0 Å². The van der Waals surface area contributed by atoms with Crippen molar-refractivity contribution >= 4 is 10.0 Å². The van der Waals surface area contributed by atoms with Crippen molar-refractivity contribution in [3.05, 3.63) is 30.2 Å². The fourth-order valence-corrected chi connectivity index (χ4v) is 3.98. The number of nitrogens with zero attached hydrogens (tertiary/aromatic N) is 3. The highest BCUT2D eigenvalue weighted by Gasteiger charge is 2.38. The minimum absolute atomic E-state index is 0.177. The summed E-state index contributed by atoms with van der Waals surface area (Å²) in [5, 5.41) is 2.83. The van der Waals surface area contributed by atoms with Crippen LogP contribution in [0.2, 0.25) is 0 Å². The number of alkyl halides is 3. The highest BCUT2D eigenvalue weighted by molar-refractivity contribution is 7.89. The van der Waals surface area contributed by atoms with Gasteiger partial charge in [0.2, 0.25) is 15.8 Å². The molecule has 1 aliphatic rings. The molecular weight excluding hydrogens is 387 g/mol. The molecule has 1 aromatic heterocycles. The van der Waals surface area contributed by atoms with Crippen LogP contribution in [-0.2, 0) is 16.2 Å². The Bertz CT molecular complexity index is 894. The topological polar surface area (TPSA) is 85.5 Å². The van der Waals surface area contributed by atoms with E-state index in [0.29, 0.717) is 24.3 Å². The zero-order valence-electron chi connectivity index (χ0n) is 14.6. The molecule has 1 atom stereocenters. The number of rotatable bonds is 5. The molecule has 11 heteroatoms. The molecule has 0 saturated carbocycles. The van der Waals surface area contributed by atoms with Gasteiger partial charge < -0.3 is 9.26 Å². The van der Waals surface area contributed by atoms with Crippen LogP contribution in [0.25, 0.3) is 11.4 Å². The Kier molecular flexibility index (Phi) is 5.17. The number of hydrogen-bond acceptors (Lipinski definition) is 6. The standard InChI is InChI=1S/C16H18F3N3O4S/c1-10(2)27(23,24)22-8-7-13(9-22)25-12-5-3-11(4-6-12)14-20-15(26-21-14)16(17,18)19/h3-6,10,13H,7-9H2,1-2H3/t13-/m0/s1. The number of halogens is 3. The van der Waals surface area contributed by atoms with Gasteiger partial charge in [-0.3, -0.25) is 0 Å². The molecule has 0 aliphatic carbocycles. The highest BCUT2D eigenvalue weighted by atomic mass is 32.2. The van der Waals surface area contributed by atoms with Crippen LogP contribution in [0, 0.1) is 0 Å². The van der Waals surface area contributed by atoms with Crippen LogP contribution in [0.3, 0.4) is 0 Å². The maximum Gasteiger partial charge on any atom is 0.471 e. The molecule has 0 amide bonds. The molecular formula is C16H18F3N3O4S. The Morgan fingerprint density at radius 3 is 2.48 bits per heavy atom. The lowest BCUT2D eigenvalue weighted by molar-refractivity contribution is -0.159. The molecule has 148 valence electrons. The van der Waals surface area contributed by atoms with Crippen molar-refractivity contribution < 1.29 is 30.8 Å². The van der Waals surface area contributed by atoms with Crippen LogP contribution in [0.4, 0.5) is 13.2 Å². The Balaban J connectivity index is 1.64. The van der Waals surface area contributed by atoms with Crippen LogP contribution >= 0.6 is 0 Å². The van der Waals surface area contributed by atoms with Gasteiger partial charge in [0.05, 0.1) is 11.8 Å². The molecule has 0 N–H and O–H groups in total. The Labute approximate surface area is 154 Å². The zero-order chi connectivity index (χ0) is 19.8. The van der Waals surface area contributed by atoms with E-state index in [2.05, 4.69) is 14.7 Å². The van der Waals surface area contributed by atoms with Gasteiger partial charge in [-0.2, -0.15) is 22.5 Å². The predicted molar refractivity (Wildman–Crippen MR) is 89.4 cm³/mol. The summed E-state index contributed by atoms with van der Waals surface area (Å²) in [5.41, 5.74) is 0.344. The van der Waals surface area contributed by atoms with Crippen LogP contribution in [0.1, 0.15) is 26.2 Å². The summed E-state index contributed by atoms with van der Waals surface area (Å²) in [6, 6.07) is 6.16. The van der Waals surface area contributed by atoms with Crippen molar-refractivity contribution in [3.63, 3.8) is 0 Å². The van der Waals surface area contributed by atoms with Gasteiger partial charge in [0, 0.05) is 12.1 Å². The van der Waals surface area contributed by atoms with Crippen LogP contribution in [0.5, 0.6) is 5.75 Å². The fraction of sp³-hybridized carbons (Fsp3) is 0.500. The average molecular weight is 405 g/mol. The second-order valence-corrected chi connectivity index (χ2v) is 8.91. The smallest absolute Gasteiger partial charge is 0.471 e. The van der Waals surface area contributed by atoms with Crippen molar-refractivity contribution in [2.75, 3.05) is 13.1 Å². The van der Waals surface area contributed by atoms with E-state index in [4.69, 9.17) is 4.74 Å². The second kappa shape index (κ2) is 7.12. The zero-order valence-corrected chi connectivity index (χ0v) is 15.4. The van der Waals surface area contributed by atoms with Gasteiger partial charge in [-0.1, -0.05) is 5.16 Å². The fourth-order valence-electron chi connectivity index (χ4n) is 2.65. The summed E-state index contributed by atoms with van der Waals surface area (Å²) in [6.45, 7) is 3.92. The average Bonchev–Trinajstić information content (AvgIpc) is 3.24. The van der Waals surface area contributed by atoms with Crippen LogP contribution in [0.15, 0.2) is 28.8 Å². The Morgan fingerprint density at radius 1 is 1.26 bits per heavy atom. The molecule has 3 rings (SSSR count). The third-order valence-electron chi connectivity index (χ3n) is 4.15. The number of ether oxygens (including phenoxy) is 1. The van der Waals surface area contributed by atoms with Gasteiger partial charge >= 0.3 is 12.1 Å².